The van der Waals surface area contributed by atoms with Gasteiger partial charge >= 0.3 is 0 Å². The third kappa shape index (κ3) is 7.14. The van der Waals surface area contributed by atoms with Gasteiger partial charge in [0, 0.05) is 17.5 Å². The molecule has 1 heterocycles. The Morgan fingerprint density at radius 3 is 2.53 bits per heavy atom. The van der Waals surface area contributed by atoms with Crippen LogP contribution in [-0.4, -0.2) is 12.5 Å². The highest BCUT2D eigenvalue weighted by Gasteiger charge is 2.02. The molecule has 0 fully saturated rings. The Bertz CT molecular complexity index is 244. The van der Waals surface area contributed by atoms with Crippen LogP contribution in [0.5, 0.6) is 0 Å². The summed E-state index contributed by atoms with van der Waals surface area (Å²) in [5.74, 6) is 0.0460. The molecule has 3 heteroatoms. The molecule has 0 atom stereocenters. The van der Waals surface area contributed by atoms with Crippen LogP contribution in [0.3, 0.4) is 0 Å². The van der Waals surface area contributed by atoms with E-state index in [1.54, 1.807) is 11.3 Å². The minimum Gasteiger partial charge on any atom is -0.352 e. The highest BCUT2D eigenvalue weighted by molar-refractivity contribution is 7.08. The molecule has 2 nitrogen and oxygen atoms in total. The van der Waals surface area contributed by atoms with Gasteiger partial charge in [0.25, 0.3) is 5.91 Å². The summed E-state index contributed by atoms with van der Waals surface area (Å²) in [5, 5.41) is 6.63. The summed E-state index contributed by atoms with van der Waals surface area (Å²) in [6.07, 6.45) is 3.42. The molecule has 1 aromatic rings. The lowest BCUT2D eigenvalue weighted by molar-refractivity contribution is 0.0953. The first-order chi connectivity index (χ1) is 7.26. The van der Waals surface area contributed by atoms with Crippen LogP contribution >= 0.6 is 11.3 Å². The summed E-state index contributed by atoms with van der Waals surface area (Å²) in [6.45, 7) is 7.14. The quantitative estimate of drug-likeness (QED) is 0.781. The lowest BCUT2D eigenvalue weighted by atomic mass is 10.3. The number of hydrogen-bond acceptors (Lipinski definition) is 2. The lowest BCUT2D eigenvalue weighted by Crippen LogP contribution is -2.23. The topological polar surface area (TPSA) is 29.1 Å². The summed E-state index contributed by atoms with van der Waals surface area (Å²) in [7, 11) is 0. The molecule has 0 aliphatic heterocycles. The number of rotatable bonds is 4. The van der Waals surface area contributed by atoms with E-state index in [1.807, 2.05) is 16.8 Å². The molecule has 0 radical (unpaired) electrons. The molecule has 15 heavy (non-hydrogen) atoms. The van der Waals surface area contributed by atoms with Crippen LogP contribution < -0.4 is 5.32 Å². The molecule has 0 bridgehead atoms. The third-order valence-corrected chi connectivity index (χ3v) is 2.28. The zero-order valence-corrected chi connectivity index (χ0v) is 10.7. The van der Waals surface area contributed by atoms with Crippen molar-refractivity contribution in [2.75, 3.05) is 6.54 Å². The normalized spacial score (nSPS) is 9.00. The molecule has 1 N–H and O–H groups in total. The van der Waals surface area contributed by atoms with E-state index >= 15 is 0 Å². The standard InChI is InChI=1S/C9H13NOS.C3H8/c1-2-3-5-10-9(11)8-4-6-12-7-8;1-3-2/h4,6-7H,2-3,5H2,1H3,(H,10,11);3H2,1-2H3. The number of hydrogen-bond donors (Lipinski definition) is 1. The van der Waals surface area contributed by atoms with Gasteiger partial charge in [-0.05, 0) is 17.9 Å². The Hall–Kier alpha value is -0.830. The van der Waals surface area contributed by atoms with Crippen molar-refractivity contribution < 1.29 is 4.79 Å². The monoisotopic (exact) mass is 227 g/mol. The predicted molar refractivity (Wildman–Crippen MR) is 67.5 cm³/mol. The van der Waals surface area contributed by atoms with Crippen molar-refractivity contribution in [1.29, 1.82) is 0 Å². The highest BCUT2D eigenvalue weighted by Crippen LogP contribution is 2.04. The minimum atomic E-state index is 0.0460. The van der Waals surface area contributed by atoms with Crippen molar-refractivity contribution in [3.05, 3.63) is 22.4 Å². The van der Waals surface area contributed by atoms with Crippen LogP contribution in [0.15, 0.2) is 16.8 Å². The second kappa shape index (κ2) is 9.71. The Morgan fingerprint density at radius 2 is 2.07 bits per heavy atom. The Morgan fingerprint density at radius 1 is 1.40 bits per heavy atom. The predicted octanol–water partition coefficient (Wildman–Crippen LogP) is 3.69. The largest absolute Gasteiger partial charge is 0.352 e. The summed E-state index contributed by atoms with van der Waals surface area (Å²) < 4.78 is 0. The smallest absolute Gasteiger partial charge is 0.252 e. The maximum absolute atomic E-state index is 11.3. The van der Waals surface area contributed by atoms with Gasteiger partial charge in [-0.1, -0.05) is 33.6 Å². The number of amides is 1. The van der Waals surface area contributed by atoms with Crippen molar-refractivity contribution in [2.24, 2.45) is 0 Å². The molecule has 86 valence electrons. The van der Waals surface area contributed by atoms with Crippen molar-refractivity contribution >= 4 is 17.2 Å². The number of thiophene rings is 1. The number of carbonyl (C=O) groups excluding carboxylic acids is 1. The van der Waals surface area contributed by atoms with E-state index in [-0.39, 0.29) is 5.91 Å². The molecule has 0 spiro atoms. The third-order valence-electron chi connectivity index (χ3n) is 1.60. The van der Waals surface area contributed by atoms with Crippen molar-refractivity contribution in [3.63, 3.8) is 0 Å². The Balaban J connectivity index is 0.000000583. The average molecular weight is 227 g/mol. The van der Waals surface area contributed by atoms with Gasteiger partial charge in [-0.2, -0.15) is 11.3 Å². The van der Waals surface area contributed by atoms with Crippen LogP contribution in [0.1, 0.15) is 50.4 Å². The second-order valence-corrected chi connectivity index (χ2v) is 4.11. The van der Waals surface area contributed by atoms with Crippen LogP contribution in [0.4, 0.5) is 0 Å². The highest BCUT2D eigenvalue weighted by atomic mass is 32.1. The molecule has 1 aromatic heterocycles. The SMILES string of the molecule is CCC.CCCCNC(=O)c1ccsc1. The molecular weight excluding hydrogens is 206 g/mol. The van der Waals surface area contributed by atoms with Gasteiger partial charge in [0.1, 0.15) is 0 Å². The van der Waals surface area contributed by atoms with E-state index < -0.39 is 0 Å². The first kappa shape index (κ1) is 14.2. The zero-order valence-electron chi connectivity index (χ0n) is 9.88. The van der Waals surface area contributed by atoms with Crippen LogP contribution in [-0.2, 0) is 0 Å². The summed E-state index contributed by atoms with van der Waals surface area (Å²) in [4.78, 5) is 11.3. The van der Waals surface area contributed by atoms with Gasteiger partial charge in [-0.3, -0.25) is 4.79 Å². The molecular formula is C12H21NOS. The van der Waals surface area contributed by atoms with E-state index in [9.17, 15) is 4.79 Å². The summed E-state index contributed by atoms with van der Waals surface area (Å²) >= 11 is 1.55. The van der Waals surface area contributed by atoms with Gasteiger partial charge in [0.05, 0.1) is 0 Å². The van der Waals surface area contributed by atoms with E-state index in [2.05, 4.69) is 26.1 Å². The first-order valence-corrected chi connectivity index (χ1v) is 6.50. The van der Waals surface area contributed by atoms with Gasteiger partial charge in [0.15, 0.2) is 0 Å². The van der Waals surface area contributed by atoms with Crippen molar-refractivity contribution in [3.8, 4) is 0 Å². The molecule has 0 aliphatic rings. The second-order valence-electron chi connectivity index (χ2n) is 3.33. The Kier molecular flexibility index (Phi) is 9.18. The fourth-order valence-electron chi connectivity index (χ4n) is 0.874. The summed E-state index contributed by atoms with van der Waals surface area (Å²) in [5.41, 5.74) is 0.774. The number of carbonyl (C=O) groups is 1. The maximum atomic E-state index is 11.3. The van der Waals surface area contributed by atoms with Gasteiger partial charge in [-0.15, -0.1) is 0 Å². The van der Waals surface area contributed by atoms with Gasteiger partial charge in [0.2, 0.25) is 0 Å². The van der Waals surface area contributed by atoms with Gasteiger partial charge < -0.3 is 5.32 Å². The Labute approximate surface area is 96.7 Å². The van der Waals surface area contributed by atoms with Crippen LogP contribution in [0.25, 0.3) is 0 Å². The van der Waals surface area contributed by atoms with E-state index in [4.69, 9.17) is 0 Å². The van der Waals surface area contributed by atoms with Crippen molar-refractivity contribution in [2.45, 2.75) is 40.0 Å². The molecule has 1 rings (SSSR count). The number of unbranched alkanes of at least 4 members (excludes halogenated alkanes) is 1. The van der Waals surface area contributed by atoms with E-state index in [0.29, 0.717) is 0 Å². The molecule has 0 saturated carbocycles. The van der Waals surface area contributed by atoms with Gasteiger partial charge in [-0.25, -0.2) is 0 Å². The number of nitrogens with one attached hydrogen (secondary N) is 1. The molecule has 1 amide bonds. The maximum Gasteiger partial charge on any atom is 0.252 e. The fourth-order valence-corrected chi connectivity index (χ4v) is 1.51. The lowest BCUT2D eigenvalue weighted by Gasteiger charge is -2.00. The summed E-state index contributed by atoms with van der Waals surface area (Å²) in [6, 6.07) is 1.84. The molecule has 0 aliphatic carbocycles. The van der Waals surface area contributed by atoms with Crippen LogP contribution in [0.2, 0.25) is 0 Å². The molecule has 0 aromatic carbocycles. The first-order valence-electron chi connectivity index (χ1n) is 5.56. The van der Waals surface area contributed by atoms with E-state index in [1.165, 1.54) is 6.42 Å². The zero-order chi connectivity index (χ0) is 11.5. The van der Waals surface area contributed by atoms with Crippen LogP contribution in [0, 0.1) is 0 Å². The van der Waals surface area contributed by atoms with E-state index in [0.717, 1.165) is 24.9 Å². The molecule has 0 saturated heterocycles. The molecule has 0 unspecified atom stereocenters. The minimum absolute atomic E-state index is 0.0460. The average Bonchev–Trinajstić information content (AvgIpc) is 2.72. The fraction of sp³-hybridized carbons (Fsp3) is 0.583. The van der Waals surface area contributed by atoms with Crippen molar-refractivity contribution in [1.82, 2.24) is 5.32 Å².